The number of aliphatic hydroxyl groups is 3. The summed E-state index contributed by atoms with van der Waals surface area (Å²) in [5.74, 6) is -4.82. The van der Waals surface area contributed by atoms with E-state index >= 15 is 0 Å². The highest BCUT2D eigenvalue weighted by Crippen LogP contribution is 2.37. The quantitative estimate of drug-likeness (QED) is 0.0642. The lowest BCUT2D eigenvalue weighted by Crippen LogP contribution is -2.48. The number of benzene rings is 2. The SMILES string of the molecule is Nc1nc(O)c2cc(CC(O)(CNCC(=O)NC3O[C@H](COP(=O)(O)O)[C@@H](O)[C@H]3O)c3ccc(C(=O)N[C@@H](CCC(=O)O)C(=O)O)cc3)ccc2n1. The van der Waals surface area contributed by atoms with E-state index in [0.29, 0.717) is 11.1 Å². The van der Waals surface area contributed by atoms with Gasteiger partial charge in [0.2, 0.25) is 17.7 Å². The Hall–Kier alpha value is -4.83. The second-order valence-electron chi connectivity index (χ2n) is 11.9. The molecule has 4 rings (SSSR count). The summed E-state index contributed by atoms with van der Waals surface area (Å²) in [5, 5.41) is 68.6. The number of phosphoric acid groups is 1. The number of nitrogens with one attached hydrogen (secondary N) is 3. The highest BCUT2D eigenvalue weighted by Gasteiger charge is 2.44. The topological polar surface area (TPSA) is 354 Å². The number of nitrogens with zero attached hydrogens (tertiary/aromatic N) is 2. The molecule has 3 aromatic rings. The third kappa shape index (κ3) is 10.6. The van der Waals surface area contributed by atoms with Gasteiger partial charge in [-0.15, -0.1) is 0 Å². The van der Waals surface area contributed by atoms with Crippen LogP contribution in [0.1, 0.15) is 34.3 Å². The van der Waals surface area contributed by atoms with Gasteiger partial charge in [0, 0.05) is 24.9 Å². The van der Waals surface area contributed by atoms with E-state index in [0.717, 1.165) is 0 Å². The molecule has 52 heavy (non-hydrogen) atoms. The molecule has 22 heteroatoms. The number of aromatic nitrogens is 2. The van der Waals surface area contributed by atoms with Crippen LogP contribution in [0.2, 0.25) is 0 Å². The molecular weight excluding hydrogens is 715 g/mol. The minimum absolute atomic E-state index is 0.00724. The molecule has 0 spiro atoms. The summed E-state index contributed by atoms with van der Waals surface area (Å²) < 4.78 is 20.6. The molecule has 2 amide bonds. The molecule has 2 unspecified atom stereocenters. The molecule has 0 aliphatic carbocycles. The summed E-state index contributed by atoms with van der Waals surface area (Å²) in [6, 6.07) is 8.57. The van der Waals surface area contributed by atoms with Crippen molar-refractivity contribution < 1.29 is 73.4 Å². The van der Waals surface area contributed by atoms with Crippen LogP contribution in [0.25, 0.3) is 10.9 Å². The number of ether oxygens (including phenoxy) is 1. The van der Waals surface area contributed by atoms with Crippen LogP contribution in [0, 0.1) is 0 Å². The molecule has 1 aliphatic rings. The van der Waals surface area contributed by atoms with Crippen molar-refractivity contribution >= 4 is 48.4 Å². The highest BCUT2D eigenvalue weighted by molar-refractivity contribution is 7.46. The van der Waals surface area contributed by atoms with Gasteiger partial charge in [-0.1, -0.05) is 18.2 Å². The van der Waals surface area contributed by atoms with Gasteiger partial charge in [-0.05, 0) is 41.8 Å². The number of hydrogen-bond acceptors (Lipinski definition) is 15. The molecule has 1 fully saturated rings. The number of carbonyl (C=O) groups is 4. The maximum Gasteiger partial charge on any atom is 0.469 e. The lowest BCUT2D eigenvalue weighted by atomic mass is 9.86. The number of nitrogens with two attached hydrogens (primary N) is 1. The number of aromatic hydroxyl groups is 1. The predicted octanol–water partition coefficient (Wildman–Crippen LogP) is -2.34. The minimum Gasteiger partial charge on any atom is -0.493 e. The first kappa shape index (κ1) is 39.9. The molecule has 282 valence electrons. The number of carboxylic acids is 2. The summed E-state index contributed by atoms with van der Waals surface area (Å²) >= 11 is 0. The third-order valence-corrected chi connectivity index (χ3v) is 8.45. The van der Waals surface area contributed by atoms with E-state index in [4.69, 9.17) is 25.4 Å². The van der Waals surface area contributed by atoms with Crippen LogP contribution in [-0.2, 0) is 40.2 Å². The van der Waals surface area contributed by atoms with Crippen molar-refractivity contribution in [3.8, 4) is 5.88 Å². The van der Waals surface area contributed by atoms with Crippen molar-refractivity contribution in [3.05, 3.63) is 59.2 Å². The van der Waals surface area contributed by atoms with Crippen LogP contribution in [0.5, 0.6) is 5.88 Å². The number of nitrogen functional groups attached to an aromatic ring is 1. The molecule has 0 radical (unpaired) electrons. The zero-order valence-corrected chi connectivity index (χ0v) is 27.9. The number of aliphatic hydroxyl groups excluding tert-OH is 2. The Balaban J connectivity index is 1.50. The fraction of sp³-hybridized carbons (Fsp3) is 0.400. The van der Waals surface area contributed by atoms with Crippen LogP contribution >= 0.6 is 7.82 Å². The number of rotatable bonds is 17. The Labute approximate surface area is 293 Å². The maximum absolute atomic E-state index is 12.8. The van der Waals surface area contributed by atoms with E-state index in [1.165, 1.54) is 30.3 Å². The first-order chi connectivity index (χ1) is 24.3. The highest BCUT2D eigenvalue weighted by atomic mass is 31.2. The predicted molar refractivity (Wildman–Crippen MR) is 175 cm³/mol. The largest absolute Gasteiger partial charge is 0.493 e. The normalized spacial score (nSPS) is 20.6. The summed E-state index contributed by atoms with van der Waals surface area (Å²) in [6.45, 7) is -1.58. The van der Waals surface area contributed by atoms with E-state index in [-0.39, 0.29) is 41.8 Å². The monoisotopic (exact) mass is 752 g/mol. The van der Waals surface area contributed by atoms with Crippen LogP contribution in [0.3, 0.4) is 0 Å². The van der Waals surface area contributed by atoms with Crippen molar-refractivity contribution in [2.75, 3.05) is 25.4 Å². The zero-order chi connectivity index (χ0) is 38.4. The Bertz CT molecular complexity index is 1840. The van der Waals surface area contributed by atoms with E-state index in [1.54, 1.807) is 12.1 Å². The first-order valence-corrected chi connectivity index (χ1v) is 16.9. The van der Waals surface area contributed by atoms with Crippen LogP contribution in [0.15, 0.2) is 42.5 Å². The number of anilines is 1. The van der Waals surface area contributed by atoms with Crippen LogP contribution in [-0.4, -0.2) is 124 Å². The van der Waals surface area contributed by atoms with Gasteiger partial charge in [0.1, 0.15) is 30.0 Å². The number of phosphoric ester groups is 1. The molecule has 1 saturated heterocycles. The standard InChI is InChI=1S/C30H37N6O15P/c31-29-34-18-6-1-14(9-17(18)26(43)36-29)10-30(46,16-4-2-15(3-5-16)25(42)33-19(28(44)45)7-8-22(38)39)13-32-11-21(37)35-27-24(41)23(40)20(51-27)12-50-52(47,48)49/h1-6,9,19-20,23-24,27,32,40-41,46H,7-8,10-13H2,(H,33,42)(H,35,37)(H,38,39)(H,44,45)(H2,47,48,49)(H3,31,34,36,43)/t19-,20+,23+,24+,27?,30?/m0/s1. The van der Waals surface area contributed by atoms with E-state index < -0.39 is 93.2 Å². The number of carbonyl (C=O) groups excluding carboxylic acids is 2. The van der Waals surface area contributed by atoms with E-state index in [2.05, 4.69) is 30.4 Å². The number of aliphatic carboxylic acids is 2. The third-order valence-electron chi connectivity index (χ3n) is 7.96. The Morgan fingerprint density at radius 1 is 1.04 bits per heavy atom. The van der Waals surface area contributed by atoms with Crippen LogP contribution in [0.4, 0.5) is 5.95 Å². The molecule has 6 atom stereocenters. The Kier molecular flexibility index (Phi) is 12.8. The van der Waals surface area contributed by atoms with Crippen molar-refractivity contribution in [2.45, 2.75) is 55.4 Å². The molecule has 1 aliphatic heterocycles. The maximum atomic E-state index is 12.8. The van der Waals surface area contributed by atoms with Gasteiger partial charge in [-0.2, -0.15) is 4.98 Å². The van der Waals surface area contributed by atoms with Gasteiger partial charge in [0.25, 0.3) is 5.91 Å². The summed E-state index contributed by atoms with van der Waals surface area (Å²) in [4.78, 5) is 73.5. The van der Waals surface area contributed by atoms with Crippen molar-refractivity contribution in [1.29, 1.82) is 0 Å². The number of hydrogen-bond donors (Lipinski definition) is 12. The summed E-state index contributed by atoms with van der Waals surface area (Å²) in [7, 11) is -4.91. The van der Waals surface area contributed by atoms with Crippen molar-refractivity contribution in [2.24, 2.45) is 0 Å². The molecule has 0 saturated carbocycles. The minimum atomic E-state index is -4.91. The van der Waals surface area contributed by atoms with Gasteiger partial charge in [-0.3, -0.25) is 18.9 Å². The Morgan fingerprint density at radius 2 is 1.73 bits per heavy atom. The molecule has 2 aromatic carbocycles. The molecule has 13 N–H and O–H groups in total. The fourth-order valence-corrected chi connectivity index (χ4v) is 5.70. The zero-order valence-electron chi connectivity index (χ0n) is 27.0. The average Bonchev–Trinajstić information content (AvgIpc) is 3.33. The summed E-state index contributed by atoms with van der Waals surface area (Å²) in [6.07, 6.45) is -7.18. The van der Waals surface area contributed by atoms with Crippen molar-refractivity contribution in [1.82, 2.24) is 25.9 Å². The van der Waals surface area contributed by atoms with E-state index in [1.807, 2.05) is 0 Å². The average molecular weight is 753 g/mol. The second kappa shape index (κ2) is 16.7. The van der Waals surface area contributed by atoms with Crippen LogP contribution < -0.4 is 21.7 Å². The molecule has 1 aromatic heterocycles. The lowest BCUT2D eigenvalue weighted by molar-refractivity contribution is -0.140. The number of amides is 2. The number of fused-ring (bicyclic) bond motifs is 1. The lowest BCUT2D eigenvalue weighted by Gasteiger charge is -2.30. The van der Waals surface area contributed by atoms with Gasteiger partial charge in [-0.25, -0.2) is 14.3 Å². The van der Waals surface area contributed by atoms with E-state index in [9.17, 15) is 49.3 Å². The molecule has 2 heterocycles. The smallest absolute Gasteiger partial charge is 0.469 e. The molecular formula is C30H37N6O15P. The van der Waals surface area contributed by atoms with Gasteiger partial charge in [0.15, 0.2) is 6.23 Å². The fourth-order valence-electron chi connectivity index (χ4n) is 5.36. The number of carboxylic acid groups (broad SMARTS) is 2. The second-order valence-corrected chi connectivity index (χ2v) is 13.1. The summed E-state index contributed by atoms with van der Waals surface area (Å²) in [5.41, 5.74) is 4.78. The molecule has 0 bridgehead atoms. The van der Waals surface area contributed by atoms with Gasteiger partial charge < -0.3 is 66.8 Å². The van der Waals surface area contributed by atoms with Gasteiger partial charge in [0.05, 0.1) is 24.1 Å². The Morgan fingerprint density at radius 3 is 2.37 bits per heavy atom. The first-order valence-electron chi connectivity index (χ1n) is 15.4. The van der Waals surface area contributed by atoms with Crippen molar-refractivity contribution in [3.63, 3.8) is 0 Å². The molecule has 21 nitrogen and oxygen atoms in total. The van der Waals surface area contributed by atoms with Gasteiger partial charge >= 0.3 is 19.8 Å².